The summed E-state index contributed by atoms with van der Waals surface area (Å²) in [5.41, 5.74) is 3.46. The normalized spacial score (nSPS) is 18.3. The zero-order valence-corrected chi connectivity index (χ0v) is 23.0. The van der Waals surface area contributed by atoms with Gasteiger partial charge in [0.25, 0.3) is 0 Å². The van der Waals surface area contributed by atoms with Gasteiger partial charge in [-0.1, -0.05) is 31.9 Å². The Hall–Kier alpha value is -2.38. The Morgan fingerprint density at radius 2 is 2.06 bits per heavy atom. The van der Waals surface area contributed by atoms with E-state index in [1.807, 2.05) is 0 Å². The number of thiophene rings is 1. The van der Waals surface area contributed by atoms with Crippen LogP contribution in [0.15, 0.2) is 35.4 Å². The summed E-state index contributed by atoms with van der Waals surface area (Å²) < 4.78 is 28.8. The SMILES string of the molecule is C=C(Cc1ccc(S(N)(=O)=O)c(OC)c1)Nc1sc2c(c1C#N)CN(CC1CCCCC1)C(C)(C)C2. The highest BCUT2D eigenvalue weighted by Gasteiger charge is 2.37. The molecule has 0 amide bonds. The second-order valence-electron chi connectivity index (χ2n) is 10.6. The number of fused-ring (bicyclic) bond motifs is 1. The molecule has 9 heteroatoms. The number of nitrogens with one attached hydrogen (secondary N) is 1. The monoisotopic (exact) mass is 528 g/mol. The first kappa shape index (κ1) is 26.7. The predicted molar refractivity (Wildman–Crippen MR) is 145 cm³/mol. The number of hydrogen-bond donors (Lipinski definition) is 2. The second-order valence-corrected chi connectivity index (χ2v) is 13.3. The minimum atomic E-state index is -3.88. The van der Waals surface area contributed by atoms with Crippen LogP contribution in [0.1, 0.15) is 67.5 Å². The first-order chi connectivity index (χ1) is 17.0. The lowest BCUT2D eigenvalue weighted by Crippen LogP contribution is -2.50. The number of nitrogens with zero attached hydrogens (tertiary/aromatic N) is 2. The Morgan fingerprint density at radius 1 is 1.33 bits per heavy atom. The van der Waals surface area contributed by atoms with E-state index in [2.05, 4.69) is 36.7 Å². The summed E-state index contributed by atoms with van der Waals surface area (Å²) in [6.45, 7) is 10.7. The van der Waals surface area contributed by atoms with Gasteiger partial charge in [-0.15, -0.1) is 11.3 Å². The number of primary sulfonamides is 1. The number of nitrogens with two attached hydrogens (primary N) is 1. The summed E-state index contributed by atoms with van der Waals surface area (Å²) in [5.74, 6) is 0.950. The van der Waals surface area contributed by atoms with Crippen LogP contribution in [0.3, 0.4) is 0 Å². The molecule has 2 heterocycles. The Morgan fingerprint density at radius 3 is 2.69 bits per heavy atom. The molecule has 0 saturated heterocycles. The van der Waals surface area contributed by atoms with Gasteiger partial charge in [0.2, 0.25) is 10.0 Å². The first-order valence-corrected chi connectivity index (χ1v) is 14.8. The van der Waals surface area contributed by atoms with Gasteiger partial charge in [0, 0.05) is 47.6 Å². The molecule has 0 radical (unpaired) electrons. The van der Waals surface area contributed by atoms with Crippen LogP contribution in [0.2, 0.25) is 0 Å². The maximum atomic E-state index is 11.8. The number of methoxy groups -OCH3 is 1. The van der Waals surface area contributed by atoms with Crippen LogP contribution < -0.4 is 15.2 Å². The Balaban J connectivity index is 1.51. The van der Waals surface area contributed by atoms with Gasteiger partial charge in [-0.3, -0.25) is 4.90 Å². The van der Waals surface area contributed by atoms with Crippen LogP contribution in [-0.2, 0) is 29.4 Å². The summed E-state index contributed by atoms with van der Waals surface area (Å²) in [6.07, 6.45) is 8.02. The van der Waals surface area contributed by atoms with E-state index in [1.165, 1.54) is 50.2 Å². The van der Waals surface area contributed by atoms with Crippen LogP contribution in [0.25, 0.3) is 0 Å². The smallest absolute Gasteiger partial charge is 0.241 e. The van der Waals surface area contributed by atoms with Crippen molar-refractivity contribution in [1.82, 2.24) is 4.90 Å². The Kier molecular flexibility index (Phi) is 7.81. The number of allylic oxidation sites excluding steroid dienone is 1. The summed E-state index contributed by atoms with van der Waals surface area (Å²) in [5, 5.41) is 19.5. The molecule has 0 spiro atoms. The van der Waals surface area contributed by atoms with Crippen molar-refractivity contribution in [2.24, 2.45) is 11.1 Å². The molecule has 1 aromatic carbocycles. The molecule has 7 nitrogen and oxygen atoms in total. The average Bonchev–Trinajstić information content (AvgIpc) is 3.13. The lowest BCUT2D eigenvalue weighted by molar-refractivity contribution is 0.0706. The van der Waals surface area contributed by atoms with Crippen molar-refractivity contribution in [3.8, 4) is 11.8 Å². The fraction of sp³-hybridized carbons (Fsp3) is 0.519. The van der Waals surface area contributed by atoms with Gasteiger partial charge in [-0.05, 0) is 50.3 Å². The molecule has 36 heavy (non-hydrogen) atoms. The number of nitriles is 1. The molecule has 1 saturated carbocycles. The molecule has 194 valence electrons. The molecule has 1 aliphatic heterocycles. The van der Waals surface area contributed by atoms with Gasteiger partial charge >= 0.3 is 0 Å². The quantitative estimate of drug-likeness (QED) is 0.490. The zero-order valence-electron chi connectivity index (χ0n) is 21.4. The van der Waals surface area contributed by atoms with Gasteiger partial charge in [-0.2, -0.15) is 5.26 Å². The Labute approximate surface area is 219 Å². The van der Waals surface area contributed by atoms with Crippen LogP contribution in [0.5, 0.6) is 5.75 Å². The molecule has 0 unspecified atom stereocenters. The van der Waals surface area contributed by atoms with Gasteiger partial charge < -0.3 is 10.1 Å². The van der Waals surface area contributed by atoms with Crippen LogP contribution >= 0.6 is 11.3 Å². The van der Waals surface area contributed by atoms with Crippen molar-refractivity contribution in [2.75, 3.05) is 19.0 Å². The minimum Gasteiger partial charge on any atom is -0.495 e. The van der Waals surface area contributed by atoms with Crippen molar-refractivity contribution >= 4 is 26.4 Å². The number of hydrogen-bond acceptors (Lipinski definition) is 7. The fourth-order valence-corrected chi connectivity index (χ4v) is 7.55. The van der Waals surface area contributed by atoms with Gasteiger partial charge in [0.15, 0.2) is 0 Å². The number of ether oxygens (including phenoxy) is 1. The van der Waals surface area contributed by atoms with E-state index in [1.54, 1.807) is 23.5 Å². The second kappa shape index (κ2) is 10.5. The maximum absolute atomic E-state index is 11.8. The van der Waals surface area contributed by atoms with Gasteiger partial charge in [0.05, 0.1) is 12.7 Å². The third kappa shape index (κ3) is 5.78. The van der Waals surface area contributed by atoms with Crippen molar-refractivity contribution in [3.63, 3.8) is 0 Å². The highest BCUT2D eigenvalue weighted by molar-refractivity contribution is 7.89. The first-order valence-electron chi connectivity index (χ1n) is 12.5. The zero-order chi connectivity index (χ0) is 26.1. The Bertz CT molecular complexity index is 1280. The molecule has 2 aromatic rings. The molecule has 2 aliphatic rings. The summed E-state index contributed by atoms with van der Waals surface area (Å²) in [7, 11) is -2.46. The number of rotatable bonds is 8. The van der Waals surface area contributed by atoms with Gasteiger partial charge in [-0.25, -0.2) is 13.6 Å². The molecule has 3 N–H and O–H groups in total. The highest BCUT2D eigenvalue weighted by Crippen LogP contribution is 2.42. The van der Waals surface area contributed by atoms with E-state index in [9.17, 15) is 13.7 Å². The van der Waals surface area contributed by atoms with Crippen molar-refractivity contribution in [2.45, 2.75) is 75.8 Å². The van der Waals surface area contributed by atoms with E-state index in [-0.39, 0.29) is 16.2 Å². The van der Waals surface area contributed by atoms with Crippen LogP contribution in [0, 0.1) is 17.2 Å². The summed E-state index contributed by atoms with van der Waals surface area (Å²) >= 11 is 1.65. The lowest BCUT2D eigenvalue weighted by Gasteiger charge is -2.44. The molecule has 1 aromatic heterocycles. The largest absolute Gasteiger partial charge is 0.495 e. The third-order valence-corrected chi connectivity index (χ3v) is 9.54. The minimum absolute atomic E-state index is 0.0505. The van der Waals surface area contributed by atoms with Gasteiger partial charge in [0.1, 0.15) is 21.7 Å². The number of anilines is 1. The standard InChI is InChI=1S/C27H36N4O3S2/c1-18(12-20-10-11-25(36(29,32)33)23(13-20)34-4)30-26-21(15-28)22-17-31(16-19-8-6-5-7-9-19)27(2,3)14-24(22)35-26/h10-11,13,19,30H,1,5-9,12,14,16-17H2,2-4H3,(H2,29,32,33). The summed E-state index contributed by atoms with van der Waals surface area (Å²) in [6, 6.07) is 7.25. The highest BCUT2D eigenvalue weighted by atomic mass is 32.2. The third-order valence-electron chi connectivity index (χ3n) is 7.45. The lowest BCUT2D eigenvalue weighted by atomic mass is 9.84. The molecular formula is C27H36N4O3S2. The van der Waals surface area contributed by atoms with Crippen molar-refractivity contribution in [1.29, 1.82) is 5.26 Å². The molecular weight excluding hydrogens is 492 g/mol. The van der Waals surface area contributed by atoms with E-state index in [0.29, 0.717) is 17.7 Å². The fourth-order valence-electron chi connectivity index (χ4n) is 5.44. The van der Waals surface area contributed by atoms with E-state index < -0.39 is 10.0 Å². The molecule has 4 rings (SSSR count). The predicted octanol–water partition coefficient (Wildman–Crippen LogP) is 5.16. The summed E-state index contributed by atoms with van der Waals surface area (Å²) in [4.78, 5) is 3.80. The van der Waals surface area contributed by atoms with Crippen LogP contribution in [-0.4, -0.2) is 32.5 Å². The van der Waals surface area contributed by atoms with Crippen molar-refractivity contribution in [3.05, 3.63) is 52.0 Å². The van der Waals surface area contributed by atoms with E-state index >= 15 is 0 Å². The van der Waals surface area contributed by atoms with E-state index in [4.69, 9.17) is 9.88 Å². The van der Waals surface area contributed by atoms with Crippen molar-refractivity contribution < 1.29 is 13.2 Å². The number of benzene rings is 1. The molecule has 1 fully saturated rings. The topological polar surface area (TPSA) is 108 Å². The van der Waals surface area contributed by atoms with E-state index in [0.717, 1.165) is 41.6 Å². The average molecular weight is 529 g/mol. The molecule has 0 atom stereocenters. The maximum Gasteiger partial charge on any atom is 0.241 e. The molecule has 1 aliphatic carbocycles. The number of sulfonamides is 1. The molecule has 0 bridgehead atoms. The van der Waals surface area contributed by atoms with Crippen LogP contribution in [0.4, 0.5) is 5.00 Å².